The van der Waals surface area contributed by atoms with Gasteiger partial charge in [-0.3, -0.25) is 0 Å². The van der Waals surface area contributed by atoms with Crippen LogP contribution < -0.4 is 5.32 Å². The van der Waals surface area contributed by atoms with E-state index in [1.165, 1.54) is 31.7 Å². The molecule has 2 bridgehead atoms. The third-order valence-electron chi connectivity index (χ3n) is 8.05. The van der Waals surface area contributed by atoms with Crippen LogP contribution >= 0.6 is 0 Å². The Morgan fingerprint density at radius 1 is 1.28 bits per heavy atom. The third kappa shape index (κ3) is 3.57. The Labute approximate surface area is 173 Å². The van der Waals surface area contributed by atoms with Crippen LogP contribution in [0.2, 0.25) is 0 Å². The molecule has 1 aromatic carbocycles. The molecule has 158 valence electrons. The number of urea groups is 1. The van der Waals surface area contributed by atoms with Gasteiger partial charge in [-0.05, 0) is 74.5 Å². The number of hydrogen-bond acceptors (Lipinski definition) is 2. The molecule has 1 aliphatic heterocycles. The summed E-state index contributed by atoms with van der Waals surface area (Å²) < 4.78 is 13.8. The van der Waals surface area contributed by atoms with E-state index in [4.69, 9.17) is 5.10 Å². The number of halogens is 1. The standard InChI is InChI=1S/C24H34FN3O/c1-4-5-6-10-21-20(17-8-7-9-19(25)15-17)16-28(27-21)22(29)26-24(3)18-11-13-23(24,2)14-12-18/h7-9,15,18,20H,4-6,10-14,16H2,1-3H3,(H,26,29)/t18?,20?,23?,24-/m0/s1. The van der Waals surface area contributed by atoms with Gasteiger partial charge in [0.05, 0.1) is 6.54 Å². The average Bonchev–Trinajstić information content (AvgIpc) is 3.29. The zero-order valence-electron chi connectivity index (χ0n) is 18.0. The molecule has 29 heavy (non-hydrogen) atoms. The highest BCUT2D eigenvalue weighted by Gasteiger charge is 2.60. The lowest BCUT2D eigenvalue weighted by Crippen LogP contribution is -2.56. The van der Waals surface area contributed by atoms with Gasteiger partial charge in [0.15, 0.2) is 0 Å². The van der Waals surface area contributed by atoms with E-state index >= 15 is 0 Å². The Kier molecular flexibility index (Phi) is 5.43. The normalized spacial score (nSPS) is 33.2. The number of benzene rings is 1. The first kappa shape index (κ1) is 20.4. The number of nitrogens with zero attached hydrogens (tertiary/aromatic N) is 2. The van der Waals surface area contributed by atoms with Crippen LogP contribution in [0, 0.1) is 17.2 Å². The topological polar surface area (TPSA) is 44.7 Å². The Hall–Kier alpha value is -1.91. The quantitative estimate of drug-likeness (QED) is 0.600. The van der Waals surface area contributed by atoms with E-state index in [0.717, 1.165) is 37.0 Å². The minimum absolute atomic E-state index is 0.0167. The lowest BCUT2D eigenvalue weighted by molar-refractivity contribution is 0.148. The lowest BCUT2D eigenvalue weighted by atomic mass is 9.76. The molecule has 0 aromatic heterocycles. The van der Waals surface area contributed by atoms with Gasteiger partial charge in [0.1, 0.15) is 5.82 Å². The van der Waals surface area contributed by atoms with Crippen LogP contribution in [0.4, 0.5) is 9.18 Å². The first-order chi connectivity index (χ1) is 13.9. The zero-order chi connectivity index (χ0) is 20.6. The van der Waals surface area contributed by atoms with Gasteiger partial charge in [-0.15, -0.1) is 0 Å². The lowest BCUT2D eigenvalue weighted by Gasteiger charge is -2.39. The first-order valence-electron chi connectivity index (χ1n) is 11.3. The molecule has 0 radical (unpaired) electrons. The molecule has 2 amide bonds. The molecule has 2 fully saturated rings. The summed E-state index contributed by atoms with van der Waals surface area (Å²) in [5.74, 6) is 0.310. The van der Waals surface area contributed by atoms with Gasteiger partial charge in [-0.2, -0.15) is 5.10 Å². The molecule has 1 N–H and O–H groups in total. The van der Waals surface area contributed by atoms with E-state index in [0.29, 0.717) is 12.5 Å². The van der Waals surface area contributed by atoms with Crippen molar-refractivity contribution in [1.29, 1.82) is 0 Å². The molecule has 3 aliphatic rings. The van der Waals surface area contributed by atoms with Gasteiger partial charge >= 0.3 is 6.03 Å². The van der Waals surface area contributed by atoms with Crippen molar-refractivity contribution in [2.45, 2.75) is 83.6 Å². The summed E-state index contributed by atoms with van der Waals surface area (Å²) >= 11 is 0. The average molecular weight is 400 g/mol. The highest BCUT2D eigenvalue weighted by atomic mass is 19.1. The van der Waals surface area contributed by atoms with E-state index in [-0.39, 0.29) is 28.7 Å². The molecule has 2 saturated carbocycles. The number of amides is 2. The summed E-state index contributed by atoms with van der Waals surface area (Å²) in [4.78, 5) is 13.2. The van der Waals surface area contributed by atoms with E-state index in [1.807, 2.05) is 6.07 Å². The summed E-state index contributed by atoms with van der Waals surface area (Å²) in [6.45, 7) is 7.21. The molecule has 1 heterocycles. The largest absolute Gasteiger partial charge is 0.338 e. The second kappa shape index (κ2) is 7.73. The predicted molar refractivity (Wildman–Crippen MR) is 114 cm³/mol. The van der Waals surface area contributed by atoms with Crippen molar-refractivity contribution in [3.8, 4) is 0 Å². The number of unbranched alkanes of at least 4 members (excludes halogenated alkanes) is 2. The maximum Gasteiger partial charge on any atom is 0.338 e. The summed E-state index contributed by atoms with van der Waals surface area (Å²) in [5.41, 5.74) is 1.95. The second-order valence-electron chi connectivity index (χ2n) is 9.71. The van der Waals surface area contributed by atoms with E-state index in [2.05, 4.69) is 26.1 Å². The molecule has 2 atom stereocenters. The van der Waals surface area contributed by atoms with Crippen LogP contribution in [-0.2, 0) is 0 Å². The molecule has 2 aliphatic carbocycles. The molecule has 1 unspecified atom stereocenters. The molecular formula is C24H34FN3O. The van der Waals surface area contributed by atoms with Crippen molar-refractivity contribution in [2.24, 2.45) is 16.4 Å². The Balaban J connectivity index is 1.52. The maximum absolute atomic E-state index is 13.8. The summed E-state index contributed by atoms with van der Waals surface area (Å²) in [5, 5.41) is 9.71. The van der Waals surface area contributed by atoms with Crippen LogP contribution in [-0.4, -0.2) is 28.8 Å². The molecule has 1 aromatic rings. The summed E-state index contributed by atoms with van der Waals surface area (Å²) in [7, 11) is 0. The number of hydrazone groups is 1. The van der Waals surface area contributed by atoms with Crippen LogP contribution in [0.25, 0.3) is 0 Å². The Morgan fingerprint density at radius 3 is 2.66 bits per heavy atom. The Bertz CT molecular complexity index is 799. The van der Waals surface area contributed by atoms with Gasteiger partial charge in [-0.25, -0.2) is 14.2 Å². The number of hydrogen-bond donors (Lipinski definition) is 1. The van der Waals surface area contributed by atoms with Gasteiger partial charge in [0, 0.05) is 17.2 Å². The maximum atomic E-state index is 13.8. The zero-order valence-corrected chi connectivity index (χ0v) is 18.0. The molecule has 0 saturated heterocycles. The number of nitrogens with one attached hydrogen (secondary N) is 1. The molecule has 4 rings (SSSR count). The number of carbonyl (C=O) groups is 1. The highest BCUT2D eigenvalue weighted by Crippen LogP contribution is 2.60. The van der Waals surface area contributed by atoms with E-state index in [1.54, 1.807) is 17.1 Å². The second-order valence-corrected chi connectivity index (χ2v) is 9.71. The fourth-order valence-electron chi connectivity index (χ4n) is 5.86. The molecular weight excluding hydrogens is 365 g/mol. The van der Waals surface area contributed by atoms with Gasteiger partial charge in [0.25, 0.3) is 0 Å². The molecule has 0 spiro atoms. The van der Waals surface area contributed by atoms with E-state index in [9.17, 15) is 9.18 Å². The SMILES string of the molecule is CCCCCC1=NN(C(=O)N[C@@]2(C)C3CCC2(C)CC3)CC1c1cccc(F)c1. The van der Waals surface area contributed by atoms with Crippen molar-refractivity contribution < 1.29 is 9.18 Å². The summed E-state index contributed by atoms with van der Waals surface area (Å²) in [6, 6.07) is 6.65. The van der Waals surface area contributed by atoms with Crippen LogP contribution in [0.3, 0.4) is 0 Å². The van der Waals surface area contributed by atoms with Crippen molar-refractivity contribution in [2.75, 3.05) is 6.54 Å². The van der Waals surface area contributed by atoms with Crippen molar-refractivity contribution in [3.05, 3.63) is 35.6 Å². The number of carbonyl (C=O) groups excluding carboxylic acids is 1. The fraction of sp³-hybridized carbons (Fsp3) is 0.667. The molecule has 4 nitrogen and oxygen atoms in total. The van der Waals surface area contributed by atoms with E-state index < -0.39 is 0 Å². The van der Waals surface area contributed by atoms with Gasteiger partial charge in [-0.1, -0.05) is 38.8 Å². The van der Waals surface area contributed by atoms with Crippen LogP contribution in [0.1, 0.15) is 83.6 Å². The summed E-state index contributed by atoms with van der Waals surface area (Å²) in [6.07, 6.45) is 8.96. The first-order valence-corrected chi connectivity index (χ1v) is 11.3. The number of fused-ring (bicyclic) bond motifs is 2. The smallest absolute Gasteiger partial charge is 0.331 e. The minimum atomic E-state index is -0.235. The van der Waals surface area contributed by atoms with Crippen molar-refractivity contribution >= 4 is 11.7 Å². The Morgan fingerprint density at radius 2 is 2.03 bits per heavy atom. The van der Waals surface area contributed by atoms with Crippen LogP contribution in [0.15, 0.2) is 29.4 Å². The highest BCUT2D eigenvalue weighted by molar-refractivity contribution is 5.94. The number of rotatable bonds is 6. The predicted octanol–water partition coefficient (Wildman–Crippen LogP) is 5.84. The van der Waals surface area contributed by atoms with Gasteiger partial charge in [0.2, 0.25) is 0 Å². The fourth-order valence-corrected chi connectivity index (χ4v) is 5.86. The monoisotopic (exact) mass is 399 g/mol. The minimum Gasteiger partial charge on any atom is -0.331 e. The van der Waals surface area contributed by atoms with Crippen molar-refractivity contribution in [3.63, 3.8) is 0 Å². The van der Waals surface area contributed by atoms with Crippen LogP contribution in [0.5, 0.6) is 0 Å². The molecule has 5 heteroatoms. The van der Waals surface area contributed by atoms with Gasteiger partial charge < -0.3 is 5.32 Å². The van der Waals surface area contributed by atoms with Crippen molar-refractivity contribution in [1.82, 2.24) is 10.3 Å². The third-order valence-corrected chi connectivity index (χ3v) is 8.05.